The number of aromatic nitrogens is 2. The monoisotopic (exact) mass is 424 g/mol. The van der Waals surface area contributed by atoms with Crippen LogP contribution >= 0.6 is 0 Å². The number of hydrogen-bond acceptors (Lipinski definition) is 4. The molecule has 32 heavy (non-hydrogen) atoms. The van der Waals surface area contributed by atoms with Crippen LogP contribution in [0.1, 0.15) is 35.4 Å². The molecule has 2 aromatic carbocycles. The summed E-state index contributed by atoms with van der Waals surface area (Å²) in [4.78, 5) is 16.5. The molecule has 0 unspecified atom stereocenters. The maximum atomic E-state index is 4.62. The maximum Gasteiger partial charge on any atom is 0.128 e. The minimum atomic E-state index is 0.910. The molecule has 4 heterocycles. The van der Waals surface area contributed by atoms with Crippen molar-refractivity contribution < 1.29 is 0 Å². The van der Waals surface area contributed by atoms with Crippen LogP contribution < -0.4 is 10.6 Å². The molecule has 0 saturated carbocycles. The Morgan fingerprint density at radius 1 is 0.625 bits per heavy atom. The van der Waals surface area contributed by atoms with Crippen molar-refractivity contribution in [1.29, 1.82) is 0 Å². The number of fused-ring (bicyclic) bond motifs is 2. The lowest BCUT2D eigenvalue weighted by Gasteiger charge is -2.14. The van der Waals surface area contributed by atoms with Crippen molar-refractivity contribution in [3.63, 3.8) is 0 Å². The SMILES string of the molecule is c1cc2cc(CCc3cc4ccc(C5=NCCCN5)cc4[nH]3)[nH]c2cc1C1=NCCCN1. The molecule has 2 aliphatic rings. The van der Waals surface area contributed by atoms with E-state index >= 15 is 0 Å². The van der Waals surface area contributed by atoms with Crippen molar-refractivity contribution in [2.24, 2.45) is 9.98 Å². The predicted octanol–water partition coefficient (Wildman–Crippen LogP) is 3.91. The van der Waals surface area contributed by atoms with Gasteiger partial charge in [0.25, 0.3) is 0 Å². The Morgan fingerprint density at radius 2 is 1.12 bits per heavy atom. The number of aliphatic imine (C=N–C) groups is 2. The van der Waals surface area contributed by atoms with Gasteiger partial charge in [-0.2, -0.15) is 0 Å². The van der Waals surface area contributed by atoms with E-state index in [2.05, 4.69) is 79.1 Å². The van der Waals surface area contributed by atoms with Crippen molar-refractivity contribution in [2.45, 2.75) is 25.7 Å². The molecule has 2 aliphatic heterocycles. The summed E-state index contributed by atoms with van der Waals surface area (Å²) in [5, 5.41) is 9.33. The average Bonchev–Trinajstić information content (AvgIpc) is 3.46. The van der Waals surface area contributed by atoms with Gasteiger partial charge in [-0.15, -0.1) is 0 Å². The lowest BCUT2D eigenvalue weighted by atomic mass is 10.1. The quantitative estimate of drug-likeness (QED) is 0.392. The fraction of sp³-hybridized carbons (Fsp3) is 0.308. The fourth-order valence-electron chi connectivity index (χ4n) is 4.66. The molecule has 4 aromatic rings. The molecule has 0 radical (unpaired) electrons. The van der Waals surface area contributed by atoms with E-state index in [4.69, 9.17) is 0 Å². The van der Waals surface area contributed by atoms with Crippen molar-refractivity contribution in [1.82, 2.24) is 20.6 Å². The lowest BCUT2D eigenvalue weighted by Crippen LogP contribution is -2.30. The number of aromatic amines is 2. The zero-order valence-electron chi connectivity index (χ0n) is 18.2. The van der Waals surface area contributed by atoms with Gasteiger partial charge in [-0.05, 0) is 60.7 Å². The highest BCUT2D eigenvalue weighted by atomic mass is 15.0. The van der Waals surface area contributed by atoms with E-state index in [1.807, 2.05) is 0 Å². The zero-order chi connectivity index (χ0) is 21.3. The zero-order valence-corrected chi connectivity index (χ0v) is 18.2. The van der Waals surface area contributed by atoms with Gasteiger partial charge < -0.3 is 20.6 Å². The molecule has 2 aromatic heterocycles. The molecule has 0 amide bonds. The molecule has 6 rings (SSSR count). The van der Waals surface area contributed by atoms with Gasteiger partial charge in [-0.1, -0.05) is 24.3 Å². The van der Waals surface area contributed by atoms with Gasteiger partial charge in [0.05, 0.1) is 0 Å². The smallest absolute Gasteiger partial charge is 0.128 e. The third kappa shape index (κ3) is 3.77. The van der Waals surface area contributed by atoms with Crippen LogP contribution in [0.25, 0.3) is 21.8 Å². The summed E-state index contributed by atoms with van der Waals surface area (Å²) < 4.78 is 0. The number of hydrogen-bond donors (Lipinski definition) is 4. The van der Waals surface area contributed by atoms with Crippen LogP contribution in [0.3, 0.4) is 0 Å². The van der Waals surface area contributed by atoms with Gasteiger partial charge in [-0.3, -0.25) is 9.98 Å². The van der Waals surface area contributed by atoms with Gasteiger partial charge in [-0.25, -0.2) is 0 Å². The molecule has 6 heteroatoms. The van der Waals surface area contributed by atoms with E-state index < -0.39 is 0 Å². The van der Waals surface area contributed by atoms with Crippen LogP contribution in [0.2, 0.25) is 0 Å². The minimum Gasteiger partial charge on any atom is -0.370 e. The molecule has 0 fully saturated rings. The molecule has 0 saturated heterocycles. The Balaban J connectivity index is 1.19. The second-order valence-corrected chi connectivity index (χ2v) is 8.71. The minimum absolute atomic E-state index is 0.910. The van der Waals surface area contributed by atoms with E-state index in [1.54, 1.807) is 0 Å². The summed E-state index contributed by atoms with van der Waals surface area (Å²) in [5.74, 6) is 2.03. The van der Waals surface area contributed by atoms with Crippen LogP contribution in [0.15, 0.2) is 58.5 Å². The summed E-state index contributed by atoms with van der Waals surface area (Å²) >= 11 is 0. The third-order valence-corrected chi connectivity index (χ3v) is 6.36. The number of aryl methyl sites for hydroxylation is 2. The highest BCUT2D eigenvalue weighted by molar-refractivity contribution is 6.02. The van der Waals surface area contributed by atoms with Crippen LogP contribution in [0.4, 0.5) is 0 Å². The second-order valence-electron chi connectivity index (χ2n) is 8.71. The maximum absolute atomic E-state index is 4.62. The van der Waals surface area contributed by atoms with Gasteiger partial charge >= 0.3 is 0 Å². The van der Waals surface area contributed by atoms with Crippen molar-refractivity contribution >= 4 is 33.5 Å². The summed E-state index contributed by atoms with van der Waals surface area (Å²) in [6.45, 7) is 3.83. The number of rotatable bonds is 5. The largest absolute Gasteiger partial charge is 0.370 e. The number of H-pyrrole nitrogens is 2. The van der Waals surface area contributed by atoms with Crippen LogP contribution in [0.5, 0.6) is 0 Å². The van der Waals surface area contributed by atoms with Crippen molar-refractivity contribution in [3.05, 3.63) is 71.0 Å². The van der Waals surface area contributed by atoms with Crippen molar-refractivity contribution in [2.75, 3.05) is 26.2 Å². The predicted molar refractivity (Wildman–Crippen MR) is 132 cm³/mol. The van der Waals surface area contributed by atoms with E-state index in [0.717, 1.165) is 74.7 Å². The Bertz CT molecular complexity index is 1240. The second kappa shape index (κ2) is 8.19. The van der Waals surface area contributed by atoms with E-state index in [9.17, 15) is 0 Å². The Hall–Kier alpha value is -3.54. The van der Waals surface area contributed by atoms with E-state index in [1.165, 1.54) is 33.2 Å². The standard InChI is InChI=1S/C26H28N6/c1-9-27-25(28-10-1)19-5-3-17-13-21(31-23(17)15-19)7-8-22-14-18-4-6-20(16-24(18)32-22)26-29-11-2-12-30-26/h3-6,13-16,31-32H,1-2,7-12H2,(H,27,28)(H,29,30). The van der Waals surface area contributed by atoms with Crippen LogP contribution in [0, 0.1) is 0 Å². The van der Waals surface area contributed by atoms with Gasteiger partial charge in [0.2, 0.25) is 0 Å². The fourth-order valence-corrected chi connectivity index (χ4v) is 4.66. The number of benzene rings is 2. The van der Waals surface area contributed by atoms with Crippen LogP contribution in [-0.4, -0.2) is 47.8 Å². The molecule has 6 nitrogen and oxygen atoms in total. The third-order valence-electron chi connectivity index (χ3n) is 6.36. The lowest BCUT2D eigenvalue weighted by molar-refractivity contribution is 0.742. The normalized spacial score (nSPS) is 16.5. The first kappa shape index (κ1) is 19.2. The molecular formula is C26H28N6. The highest BCUT2D eigenvalue weighted by Crippen LogP contribution is 2.22. The first-order valence-electron chi connectivity index (χ1n) is 11.6. The molecular weight excluding hydrogens is 396 g/mol. The van der Waals surface area contributed by atoms with Gasteiger partial charge in [0.15, 0.2) is 0 Å². The number of nitrogens with one attached hydrogen (secondary N) is 4. The van der Waals surface area contributed by atoms with Crippen molar-refractivity contribution in [3.8, 4) is 0 Å². The molecule has 4 N–H and O–H groups in total. The first-order chi connectivity index (χ1) is 15.8. The topological polar surface area (TPSA) is 80.4 Å². The average molecular weight is 425 g/mol. The first-order valence-corrected chi connectivity index (χ1v) is 11.6. The summed E-state index contributed by atoms with van der Waals surface area (Å²) in [7, 11) is 0. The highest BCUT2D eigenvalue weighted by Gasteiger charge is 2.11. The van der Waals surface area contributed by atoms with Gasteiger partial charge in [0.1, 0.15) is 11.7 Å². The number of amidine groups is 2. The molecule has 0 atom stereocenters. The molecule has 162 valence electrons. The van der Waals surface area contributed by atoms with E-state index in [-0.39, 0.29) is 0 Å². The Labute approximate surface area is 187 Å². The van der Waals surface area contributed by atoms with E-state index in [0.29, 0.717) is 0 Å². The Morgan fingerprint density at radius 3 is 1.56 bits per heavy atom. The summed E-state index contributed by atoms with van der Waals surface area (Å²) in [6, 6.07) is 17.7. The van der Waals surface area contributed by atoms with Crippen LogP contribution in [-0.2, 0) is 12.8 Å². The Kier molecular flexibility index (Phi) is 4.90. The molecule has 0 bridgehead atoms. The number of nitrogens with zero attached hydrogens (tertiary/aromatic N) is 2. The summed E-state index contributed by atoms with van der Waals surface area (Å²) in [6.07, 6.45) is 4.16. The van der Waals surface area contributed by atoms with Gasteiger partial charge in [0, 0.05) is 59.7 Å². The molecule has 0 spiro atoms. The summed E-state index contributed by atoms with van der Waals surface area (Å²) in [5.41, 5.74) is 7.19. The molecule has 0 aliphatic carbocycles.